The minimum atomic E-state index is -0.629. The van der Waals surface area contributed by atoms with Crippen molar-refractivity contribution in [3.63, 3.8) is 0 Å². The number of hydrogen-bond donors (Lipinski definition) is 2. The quantitative estimate of drug-likeness (QED) is 0.605. The molecule has 0 aliphatic carbocycles. The number of nitrogens with one attached hydrogen (secondary N) is 1. The van der Waals surface area contributed by atoms with Crippen molar-refractivity contribution in [3.8, 4) is 0 Å². The summed E-state index contributed by atoms with van der Waals surface area (Å²) in [7, 11) is 1.75. The van der Waals surface area contributed by atoms with Crippen LogP contribution in [0.3, 0.4) is 0 Å². The Bertz CT molecular complexity index is 229. The smallest absolute Gasteiger partial charge is 0.237 e. The number of likely N-dealkylation sites (N-methyl/N-ethyl adjacent to an activating group) is 1. The average molecular weight is 230 g/mol. The summed E-state index contributed by atoms with van der Waals surface area (Å²) in [5.41, 5.74) is 4.69. The highest BCUT2D eigenvalue weighted by Gasteiger charge is 2.28. The molecule has 0 radical (unpaired) electrons. The van der Waals surface area contributed by atoms with Crippen molar-refractivity contribution in [2.75, 3.05) is 26.9 Å². The van der Waals surface area contributed by atoms with Gasteiger partial charge in [-0.05, 0) is 33.2 Å². The summed E-state index contributed by atoms with van der Waals surface area (Å²) in [4.78, 5) is 11.2. The van der Waals surface area contributed by atoms with Gasteiger partial charge in [-0.15, -0.1) is 0 Å². The van der Waals surface area contributed by atoms with Crippen molar-refractivity contribution in [3.05, 3.63) is 0 Å². The van der Waals surface area contributed by atoms with Gasteiger partial charge in [-0.1, -0.05) is 0 Å². The van der Waals surface area contributed by atoms with Crippen LogP contribution in [-0.4, -0.2) is 44.4 Å². The summed E-state index contributed by atoms with van der Waals surface area (Å²) in [5.74, 6) is -0.320. The molecule has 1 heterocycles. The summed E-state index contributed by atoms with van der Waals surface area (Å²) in [6, 6.07) is 0. The second kappa shape index (κ2) is 6.18. The van der Waals surface area contributed by atoms with Gasteiger partial charge in [-0.25, -0.2) is 0 Å². The fourth-order valence-electron chi connectivity index (χ4n) is 1.69. The van der Waals surface area contributed by atoms with Crippen LogP contribution in [0, 0.1) is 0 Å². The van der Waals surface area contributed by atoms with Crippen LogP contribution in [0.5, 0.6) is 0 Å². The third kappa shape index (κ3) is 3.73. The molecule has 0 spiro atoms. The van der Waals surface area contributed by atoms with Gasteiger partial charge in [0.15, 0.2) is 0 Å². The van der Waals surface area contributed by atoms with E-state index in [1.807, 2.05) is 6.92 Å². The first-order valence-electron chi connectivity index (χ1n) is 5.76. The lowest BCUT2D eigenvalue weighted by Gasteiger charge is -2.25. The zero-order valence-electron chi connectivity index (χ0n) is 10.1. The Morgan fingerprint density at radius 2 is 2.44 bits per heavy atom. The third-order valence-electron chi connectivity index (χ3n) is 3.16. The molecule has 2 unspecified atom stereocenters. The topological polar surface area (TPSA) is 73.6 Å². The highest BCUT2D eigenvalue weighted by Crippen LogP contribution is 2.13. The predicted molar refractivity (Wildman–Crippen MR) is 61.1 cm³/mol. The van der Waals surface area contributed by atoms with Gasteiger partial charge in [-0.3, -0.25) is 4.79 Å². The number of primary amides is 1. The standard InChI is InChI=1S/C11H22N2O3/c1-11(13-2,10(12)14)5-3-6-16-9-4-7-15-8-9/h9,13H,3-8H2,1-2H3,(H2,12,14). The van der Waals surface area contributed by atoms with Gasteiger partial charge >= 0.3 is 0 Å². The van der Waals surface area contributed by atoms with Crippen LogP contribution in [0.1, 0.15) is 26.2 Å². The molecule has 1 fully saturated rings. The van der Waals surface area contributed by atoms with Gasteiger partial charge < -0.3 is 20.5 Å². The minimum absolute atomic E-state index is 0.231. The first kappa shape index (κ1) is 13.4. The summed E-state index contributed by atoms with van der Waals surface area (Å²) < 4.78 is 10.8. The molecule has 1 aliphatic heterocycles. The average Bonchev–Trinajstić information content (AvgIpc) is 2.76. The molecule has 1 rings (SSSR count). The maximum absolute atomic E-state index is 11.2. The molecule has 1 amide bonds. The van der Waals surface area contributed by atoms with Crippen molar-refractivity contribution < 1.29 is 14.3 Å². The van der Waals surface area contributed by atoms with E-state index in [2.05, 4.69) is 5.32 Å². The van der Waals surface area contributed by atoms with Crippen molar-refractivity contribution in [1.82, 2.24) is 5.32 Å². The van der Waals surface area contributed by atoms with E-state index < -0.39 is 5.54 Å². The van der Waals surface area contributed by atoms with Gasteiger partial charge in [0.1, 0.15) is 0 Å². The molecule has 5 heteroatoms. The van der Waals surface area contributed by atoms with Gasteiger partial charge in [0.05, 0.1) is 18.2 Å². The summed E-state index contributed by atoms with van der Waals surface area (Å²) in [6.45, 7) is 3.95. The normalized spacial score (nSPS) is 24.2. The van der Waals surface area contributed by atoms with Crippen LogP contribution in [0.4, 0.5) is 0 Å². The molecule has 0 bridgehead atoms. The molecule has 16 heavy (non-hydrogen) atoms. The molecular weight excluding hydrogens is 208 g/mol. The van der Waals surface area contributed by atoms with Crippen LogP contribution < -0.4 is 11.1 Å². The SMILES string of the molecule is CNC(C)(CCCOC1CCOC1)C(N)=O. The molecule has 0 aromatic heterocycles. The third-order valence-corrected chi connectivity index (χ3v) is 3.16. The van der Waals surface area contributed by atoms with Gasteiger partial charge in [0.25, 0.3) is 0 Å². The molecule has 2 atom stereocenters. The van der Waals surface area contributed by atoms with Crippen LogP contribution in [0.25, 0.3) is 0 Å². The summed E-state index contributed by atoms with van der Waals surface area (Å²) in [5, 5.41) is 2.95. The number of nitrogens with two attached hydrogens (primary N) is 1. The van der Waals surface area contributed by atoms with Crippen LogP contribution in [-0.2, 0) is 14.3 Å². The summed E-state index contributed by atoms with van der Waals surface area (Å²) in [6.07, 6.45) is 2.71. The van der Waals surface area contributed by atoms with Crippen LogP contribution >= 0.6 is 0 Å². The highest BCUT2D eigenvalue weighted by molar-refractivity contribution is 5.84. The van der Waals surface area contributed by atoms with E-state index in [1.54, 1.807) is 7.05 Å². The van der Waals surface area contributed by atoms with Crippen molar-refractivity contribution >= 4 is 5.91 Å². The number of rotatable bonds is 7. The van der Waals surface area contributed by atoms with Gasteiger partial charge in [-0.2, -0.15) is 0 Å². The molecule has 3 N–H and O–H groups in total. The second-order valence-electron chi connectivity index (χ2n) is 4.41. The molecule has 0 aromatic rings. The number of amides is 1. The first-order valence-corrected chi connectivity index (χ1v) is 5.76. The van der Waals surface area contributed by atoms with Crippen molar-refractivity contribution in [2.45, 2.75) is 37.8 Å². The van der Waals surface area contributed by atoms with E-state index in [0.29, 0.717) is 19.6 Å². The summed E-state index contributed by atoms with van der Waals surface area (Å²) >= 11 is 0. The number of hydrogen-bond acceptors (Lipinski definition) is 4. The Morgan fingerprint density at radius 3 is 2.94 bits per heavy atom. The van der Waals surface area contributed by atoms with Gasteiger partial charge in [0.2, 0.25) is 5.91 Å². The molecular formula is C11H22N2O3. The first-order chi connectivity index (χ1) is 7.58. The fourth-order valence-corrected chi connectivity index (χ4v) is 1.69. The van der Waals surface area contributed by atoms with E-state index in [1.165, 1.54) is 0 Å². The van der Waals surface area contributed by atoms with E-state index >= 15 is 0 Å². The maximum Gasteiger partial charge on any atom is 0.237 e. The van der Waals surface area contributed by atoms with E-state index in [-0.39, 0.29) is 12.0 Å². The lowest BCUT2D eigenvalue weighted by atomic mass is 9.95. The van der Waals surface area contributed by atoms with Crippen molar-refractivity contribution in [1.29, 1.82) is 0 Å². The largest absolute Gasteiger partial charge is 0.379 e. The molecule has 1 aliphatic rings. The second-order valence-corrected chi connectivity index (χ2v) is 4.41. The monoisotopic (exact) mass is 230 g/mol. The zero-order chi connectivity index (χ0) is 12.0. The number of carbonyl (C=O) groups excluding carboxylic acids is 1. The van der Waals surface area contributed by atoms with E-state index in [4.69, 9.17) is 15.2 Å². The fraction of sp³-hybridized carbons (Fsp3) is 0.909. The van der Waals surface area contributed by atoms with Gasteiger partial charge in [0, 0.05) is 13.2 Å². The zero-order valence-corrected chi connectivity index (χ0v) is 10.1. The van der Waals surface area contributed by atoms with E-state index in [0.717, 1.165) is 19.4 Å². The van der Waals surface area contributed by atoms with Crippen LogP contribution in [0.15, 0.2) is 0 Å². The maximum atomic E-state index is 11.2. The Hall–Kier alpha value is -0.650. The van der Waals surface area contributed by atoms with Crippen LogP contribution in [0.2, 0.25) is 0 Å². The van der Waals surface area contributed by atoms with E-state index in [9.17, 15) is 4.79 Å². The Kier molecular flexibility index (Phi) is 5.18. The Balaban J connectivity index is 2.15. The molecule has 0 aromatic carbocycles. The molecule has 0 saturated carbocycles. The Labute approximate surface area is 96.7 Å². The highest BCUT2D eigenvalue weighted by atomic mass is 16.5. The van der Waals surface area contributed by atoms with Crippen molar-refractivity contribution in [2.24, 2.45) is 5.73 Å². The molecule has 94 valence electrons. The molecule has 5 nitrogen and oxygen atoms in total. The molecule has 1 saturated heterocycles. The predicted octanol–water partition coefficient (Wildman–Crippen LogP) is 0.0355. The number of ether oxygens (including phenoxy) is 2. The lowest BCUT2D eigenvalue weighted by Crippen LogP contribution is -2.51. The number of carbonyl (C=O) groups is 1. The lowest BCUT2D eigenvalue weighted by molar-refractivity contribution is -0.124. The Morgan fingerprint density at radius 1 is 1.69 bits per heavy atom. The minimum Gasteiger partial charge on any atom is -0.379 e.